The van der Waals surface area contributed by atoms with E-state index >= 15 is 0 Å². The van der Waals surface area contributed by atoms with Gasteiger partial charge in [-0.15, -0.1) is 0 Å². The Kier molecular flexibility index (Phi) is 3.97. The molecule has 22 heavy (non-hydrogen) atoms. The first-order valence-electron chi connectivity index (χ1n) is 6.80. The van der Waals surface area contributed by atoms with Crippen molar-refractivity contribution < 1.29 is 4.79 Å². The van der Waals surface area contributed by atoms with Gasteiger partial charge in [-0.3, -0.25) is 4.79 Å². The van der Waals surface area contributed by atoms with Crippen LogP contribution in [-0.2, 0) is 6.54 Å². The van der Waals surface area contributed by atoms with Crippen molar-refractivity contribution in [3.8, 4) is 5.13 Å². The highest BCUT2D eigenvalue weighted by Gasteiger charge is 2.15. The maximum Gasteiger partial charge on any atom is 0.263 e. The second-order valence-electron chi connectivity index (χ2n) is 4.83. The van der Waals surface area contributed by atoms with Gasteiger partial charge in [-0.1, -0.05) is 11.3 Å². The monoisotopic (exact) mass is 313 g/mol. The topological polar surface area (TPSA) is 72.7 Å². The summed E-state index contributed by atoms with van der Waals surface area (Å²) in [6.45, 7) is 4.11. The second kappa shape index (κ2) is 6.07. The van der Waals surface area contributed by atoms with Crippen molar-refractivity contribution in [2.45, 2.75) is 20.4 Å². The van der Waals surface area contributed by atoms with E-state index in [1.807, 2.05) is 49.0 Å². The molecule has 0 atom stereocenters. The number of aryl methyl sites for hydroxylation is 2. The number of rotatable bonds is 4. The molecule has 3 rings (SSSR count). The summed E-state index contributed by atoms with van der Waals surface area (Å²) in [5, 5.41) is 3.66. The highest BCUT2D eigenvalue weighted by atomic mass is 32.1. The van der Waals surface area contributed by atoms with Gasteiger partial charge in [0.2, 0.25) is 0 Å². The number of carbonyl (C=O) groups excluding carboxylic acids is 1. The van der Waals surface area contributed by atoms with E-state index in [1.165, 1.54) is 17.7 Å². The second-order valence-corrected chi connectivity index (χ2v) is 5.81. The molecule has 0 bridgehead atoms. The van der Waals surface area contributed by atoms with Crippen LogP contribution in [0.25, 0.3) is 5.13 Å². The number of aromatic nitrogens is 4. The molecule has 0 aliphatic heterocycles. The molecule has 112 valence electrons. The zero-order valence-corrected chi connectivity index (χ0v) is 13.1. The first kappa shape index (κ1) is 14.4. The van der Waals surface area contributed by atoms with E-state index in [2.05, 4.69) is 20.3 Å². The van der Waals surface area contributed by atoms with Gasteiger partial charge >= 0.3 is 0 Å². The van der Waals surface area contributed by atoms with Gasteiger partial charge in [0.05, 0.1) is 17.9 Å². The molecule has 6 nitrogen and oxygen atoms in total. The molecule has 1 amide bonds. The quantitative estimate of drug-likeness (QED) is 0.802. The molecule has 0 aromatic carbocycles. The lowest BCUT2D eigenvalue weighted by atomic mass is 10.3. The molecule has 3 heterocycles. The average molecular weight is 313 g/mol. The summed E-state index contributed by atoms with van der Waals surface area (Å²) >= 11 is 1.37. The molecule has 0 saturated carbocycles. The number of hydrogen-bond acceptors (Lipinski definition) is 5. The summed E-state index contributed by atoms with van der Waals surface area (Å²) in [4.78, 5) is 25.5. The van der Waals surface area contributed by atoms with Crippen molar-refractivity contribution in [2.75, 3.05) is 0 Å². The molecule has 3 aromatic heterocycles. The molecule has 0 aliphatic rings. The van der Waals surface area contributed by atoms with Crippen LogP contribution in [-0.4, -0.2) is 25.4 Å². The van der Waals surface area contributed by atoms with Gasteiger partial charge in [-0.25, -0.2) is 15.0 Å². The minimum atomic E-state index is -0.135. The Bertz CT molecular complexity index is 794. The Labute approximate surface area is 131 Å². The summed E-state index contributed by atoms with van der Waals surface area (Å²) < 4.78 is 1.89. The minimum Gasteiger partial charge on any atom is -0.346 e. The van der Waals surface area contributed by atoms with Crippen LogP contribution >= 0.6 is 11.3 Å². The fraction of sp³-hybridized carbons (Fsp3) is 0.200. The van der Waals surface area contributed by atoms with Crippen LogP contribution in [0.3, 0.4) is 0 Å². The summed E-state index contributed by atoms with van der Waals surface area (Å²) in [5.74, 6) is -0.135. The molecule has 0 fully saturated rings. The van der Waals surface area contributed by atoms with Crippen LogP contribution in [0.2, 0.25) is 0 Å². The van der Waals surface area contributed by atoms with E-state index in [0.29, 0.717) is 11.4 Å². The first-order valence-corrected chi connectivity index (χ1v) is 7.61. The number of carbonyl (C=O) groups is 1. The van der Waals surface area contributed by atoms with Crippen molar-refractivity contribution in [1.29, 1.82) is 0 Å². The maximum absolute atomic E-state index is 12.3. The summed E-state index contributed by atoms with van der Waals surface area (Å²) in [6.07, 6.45) is 5.31. The van der Waals surface area contributed by atoms with Gasteiger partial charge in [-0.2, -0.15) is 0 Å². The predicted octanol–water partition coefficient (Wildman–Crippen LogP) is 2.27. The van der Waals surface area contributed by atoms with Crippen molar-refractivity contribution in [3.05, 3.63) is 58.9 Å². The average Bonchev–Trinajstić information content (AvgIpc) is 3.14. The van der Waals surface area contributed by atoms with Crippen LogP contribution in [0.1, 0.15) is 26.8 Å². The number of nitrogens with one attached hydrogen (secondary N) is 1. The molecule has 0 saturated heterocycles. The maximum atomic E-state index is 12.3. The normalized spacial score (nSPS) is 10.6. The SMILES string of the molecule is Cc1cc(CNC(=O)c2sc(-n3cccc3)nc2C)ncn1. The van der Waals surface area contributed by atoms with Crippen molar-refractivity contribution >= 4 is 17.2 Å². The third-order valence-corrected chi connectivity index (χ3v) is 4.28. The van der Waals surface area contributed by atoms with Crippen LogP contribution < -0.4 is 5.32 Å². The molecule has 1 N–H and O–H groups in total. The number of thiazole rings is 1. The zero-order valence-electron chi connectivity index (χ0n) is 12.3. The number of amides is 1. The van der Waals surface area contributed by atoms with Gasteiger partial charge in [0.1, 0.15) is 11.2 Å². The Hall–Kier alpha value is -2.54. The molecule has 0 aliphatic carbocycles. The zero-order chi connectivity index (χ0) is 15.5. The fourth-order valence-electron chi connectivity index (χ4n) is 2.02. The Morgan fingerprint density at radius 1 is 1.27 bits per heavy atom. The lowest BCUT2D eigenvalue weighted by Crippen LogP contribution is -2.23. The van der Waals surface area contributed by atoms with E-state index in [0.717, 1.165) is 22.2 Å². The van der Waals surface area contributed by atoms with Crippen LogP contribution in [0.15, 0.2) is 36.9 Å². The van der Waals surface area contributed by atoms with Gasteiger partial charge in [0, 0.05) is 18.1 Å². The van der Waals surface area contributed by atoms with Gasteiger partial charge in [-0.05, 0) is 32.0 Å². The Balaban J connectivity index is 1.72. The Morgan fingerprint density at radius 3 is 2.77 bits per heavy atom. The van der Waals surface area contributed by atoms with Crippen LogP contribution in [0.5, 0.6) is 0 Å². The largest absolute Gasteiger partial charge is 0.346 e. The molecule has 0 unspecified atom stereocenters. The smallest absolute Gasteiger partial charge is 0.263 e. The number of nitrogens with zero attached hydrogens (tertiary/aromatic N) is 4. The molecular weight excluding hydrogens is 298 g/mol. The van der Waals surface area contributed by atoms with E-state index in [1.54, 1.807) is 0 Å². The number of hydrogen-bond donors (Lipinski definition) is 1. The summed E-state index contributed by atoms with van der Waals surface area (Å²) in [6, 6.07) is 5.70. The van der Waals surface area contributed by atoms with E-state index in [9.17, 15) is 4.79 Å². The van der Waals surface area contributed by atoms with Crippen LogP contribution in [0, 0.1) is 13.8 Å². The molecule has 0 radical (unpaired) electrons. The Morgan fingerprint density at radius 2 is 2.05 bits per heavy atom. The third kappa shape index (κ3) is 3.04. The minimum absolute atomic E-state index is 0.135. The third-order valence-electron chi connectivity index (χ3n) is 3.11. The van der Waals surface area contributed by atoms with E-state index in [-0.39, 0.29) is 5.91 Å². The van der Waals surface area contributed by atoms with Crippen LogP contribution in [0.4, 0.5) is 0 Å². The van der Waals surface area contributed by atoms with Crippen molar-refractivity contribution in [3.63, 3.8) is 0 Å². The first-order chi connectivity index (χ1) is 10.6. The lowest BCUT2D eigenvalue weighted by molar-refractivity contribution is 0.0953. The summed E-state index contributed by atoms with van der Waals surface area (Å²) in [5.41, 5.74) is 2.39. The molecule has 7 heteroatoms. The van der Waals surface area contributed by atoms with Crippen molar-refractivity contribution in [2.24, 2.45) is 0 Å². The standard InChI is InChI=1S/C15H15N5OS/c1-10-7-12(18-9-17-10)8-16-14(21)13-11(2)19-15(22-13)20-5-3-4-6-20/h3-7,9H,8H2,1-2H3,(H,16,21). The van der Waals surface area contributed by atoms with Crippen molar-refractivity contribution in [1.82, 2.24) is 24.8 Å². The summed E-state index contributed by atoms with van der Waals surface area (Å²) in [7, 11) is 0. The molecular formula is C15H15N5OS. The van der Waals surface area contributed by atoms with E-state index in [4.69, 9.17) is 0 Å². The van der Waals surface area contributed by atoms with E-state index < -0.39 is 0 Å². The highest BCUT2D eigenvalue weighted by molar-refractivity contribution is 7.16. The van der Waals surface area contributed by atoms with Gasteiger partial charge in [0.15, 0.2) is 5.13 Å². The lowest BCUT2D eigenvalue weighted by Gasteiger charge is -2.03. The van der Waals surface area contributed by atoms with Gasteiger partial charge in [0.25, 0.3) is 5.91 Å². The van der Waals surface area contributed by atoms with Gasteiger partial charge < -0.3 is 9.88 Å². The molecule has 3 aromatic rings. The fourth-order valence-corrected chi connectivity index (χ4v) is 2.97. The highest BCUT2D eigenvalue weighted by Crippen LogP contribution is 2.21. The molecule has 0 spiro atoms. The predicted molar refractivity (Wildman–Crippen MR) is 84.1 cm³/mol.